The SMILES string of the molecule is Cc1cc(C)[n+]([O-])c(-c2cnns2)c1. The number of aromatic nitrogens is 3. The average Bonchev–Trinajstić information content (AvgIpc) is 2.63. The molecule has 0 fully saturated rings. The first kappa shape index (κ1) is 9.08. The van der Waals surface area contributed by atoms with Gasteiger partial charge in [-0.15, -0.1) is 5.10 Å². The molecule has 2 rings (SSSR count). The van der Waals surface area contributed by atoms with Crippen molar-refractivity contribution < 1.29 is 4.73 Å². The summed E-state index contributed by atoms with van der Waals surface area (Å²) in [6.45, 7) is 3.75. The van der Waals surface area contributed by atoms with Crippen LogP contribution >= 0.6 is 11.5 Å². The number of pyridine rings is 1. The Morgan fingerprint density at radius 1 is 1.36 bits per heavy atom. The molecule has 0 atom stereocenters. The van der Waals surface area contributed by atoms with Crippen LogP contribution in [0.3, 0.4) is 0 Å². The van der Waals surface area contributed by atoms with E-state index in [4.69, 9.17) is 0 Å². The van der Waals surface area contributed by atoms with Crippen LogP contribution in [0.4, 0.5) is 0 Å². The Labute approximate surface area is 85.6 Å². The molecule has 2 aromatic rings. The zero-order valence-electron chi connectivity index (χ0n) is 7.89. The summed E-state index contributed by atoms with van der Waals surface area (Å²) < 4.78 is 4.64. The lowest BCUT2D eigenvalue weighted by Gasteiger charge is -2.05. The molecule has 0 radical (unpaired) electrons. The minimum Gasteiger partial charge on any atom is -0.618 e. The molecule has 14 heavy (non-hydrogen) atoms. The average molecular weight is 207 g/mol. The van der Waals surface area contributed by atoms with Crippen LogP contribution in [0.2, 0.25) is 0 Å². The first-order valence-corrected chi connectivity index (χ1v) is 4.94. The molecule has 0 amide bonds. The Kier molecular flexibility index (Phi) is 2.17. The third kappa shape index (κ3) is 1.46. The highest BCUT2D eigenvalue weighted by Gasteiger charge is 2.13. The third-order valence-corrected chi connectivity index (χ3v) is 2.64. The van der Waals surface area contributed by atoms with Crippen LogP contribution in [0, 0.1) is 19.1 Å². The van der Waals surface area contributed by atoms with E-state index < -0.39 is 0 Å². The van der Waals surface area contributed by atoms with Gasteiger partial charge in [0.05, 0.1) is 6.20 Å². The van der Waals surface area contributed by atoms with Gasteiger partial charge in [0.2, 0.25) is 5.69 Å². The summed E-state index contributed by atoms with van der Waals surface area (Å²) >= 11 is 1.23. The van der Waals surface area contributed by atoms with Gasteiger partial charge in [0.15, 0.2) is 5.69 Å². The van der Waals surface area contributed by atoms with Crippen molar-refractivity contribution in [2.45, 2.75) is 13.8 Å². The van der Waals surface area contributed by atoms with Crippen LogP contribution in [0.25, 0.3) is 10.6 Å². The van der Waals surface area contributed by atoms with E-state index >= 15 is 0 Å². The van der Waals surface area contributed by atoms with Crippen LogP contribution in [-0.4, -0.2) is 9.59 Å². The van der Waals surface area contributed by atoms with E-state index in [1.807, 2.05) is 19.1 Å². The molecule has 72 valence electrons. The topological polar surface area (TPSA) is 52.7 Å². The fourth-order valence-corrected chi connectivity index (χ4v) is 1.86. The zero-order chi connectivity index (χ0) is 10.1. The van der Waals surface area contributed by atoms with E-state index in [1.54, 1.807) is 13.1 Å². The highest BCUT2D eigenvalue weighted by atomic mass is 32.1. The Balaban J connectivity index is 2.64. The van der Waals surface area contributed by atoms with Crippen molar-refractivity contribution in [3.8, 4) is 10.6 Å². The largest absolute Gasteiger partial charge is 0.618 e. The lowest BCUT2D eigenvalue weighted by atomic mass is 10.2. The highest BCUT2D eigenvalue weighted by molar-refractivity contribution is 7.09. The molecule has 0 N–H and O–H groups in total. The third-order valence-electron chi connectivity index (χ3n) is 1.95. The molecule has 0 aromatic carbocycles. The van der Waals surface area contributed by atoms with Crippen molar-refractivity contribution in [3.05, 3.63) is 34.8 Å². The van der Waals surface area contributed by atoms with Crippen molar-refractivity contribution in [2.75, 3.05) is 0 Å². The molecule has 0 saturated carbocycles. The van der Waals surface area contributed by atoms with Gasteiger partial charge in [-0.05, 0) is 24.0 Å². The molecule has 0 spiro atoms. The van der Waals surface area contributed by atoms with Crippen molar-refractivity contribution in [2.24, 2.45) is 0 Å². The number of hydrogen-bond acceptors (Lipinski definition) is 4. The van der Waals surface area contributed by atoms with Crippen LogP contribution in [0.5, 0.6) is 0 Å². The molecule has 0 saturated heterocycles. The summed E-state index contributed by atoms with van der Waals surface area (Å²) in [6, 6.07) is 3.69. The van der Waals surface area contributed by atoms with Crippen molar-refractivity contribution >= 4 is 11.5 Å². The summed E-state index contributed by atoms with van der Waals surface area (Å²) in [4.78, 5) is 0.798. The fraction of sp³-hybridized carbons (Fsp3) is 0.222. The van der Waals surface area contributed by atoms with Crippen molar-refractivity contribution in [1.82, 2.24) is 9.59 Å². The molecule has 0 bridgehead atoms. The maximum Gasteiger partial charge on any atom is 0.237 e. The Bertz CT molecular complexity index is 453. The number of rotatable bonds is 1. The molecule has 5 heteroatoms. The second-order valence-electron chi connectivity index (χ2n) is 3.14. The van der Waals surface area contributed by atoms with Crippen molar-refractivity contribution in [1.29, 1.82) is 0 Å². The van der Waals surface area contributed by atoms with Gasteiger partial charge < -0.3 is 5.21 Å². The van der Waals surface area contributed by atoms with Crippen LogP contribution in [0.1, 0.15) is 11.3 Å². The second-order valence-corrected chi connectivity index (χ2v) is 3.92. The quantitative estimate of drug-likeness (QED) is 0.525. The minimum atomic E-state index is 0.623. The number of aryl methyl sites for hydroxylation is 2. The first-order valence-electron chi connectivity index (χ1n) is 4.17. The van der Waals surface area contributed by atoms with Crippen molar-refractivity contribution in [3.63, 3.8) is 0 Å². The lowest BCUT2D eigenvalue weighted by molar-refractivity contribution is -0.600. The van der Waals surface area contributed by atoms with Crippen LogP contribution in [0.15, 0.2) is 18.3 Å². The predicted octanol–water partition coefficient (Wildman–Crippen LogP) is 1.46. The van der Waals surface area contributed by atoms with E-state index in [9.17, 15) is 5.21 Å². The summed E-state index contributed by atoms with van der Waals surface area (Å²) in [6.07, 6.45) is 1.60. The summed E-state index contributed by atoms with van der Waals surface area (Å²) in [7, 11) is 0. The normalized spacial score (nSPS) is 10.4. The Hall–Kier alpha value is -1.49. The smallest absolute Gasteiger partial charge is 0.237 e. The molecule has 0 unspecified atom stereocenters. The molecule has 0 aliphatic rings. The second kappa shape index (κ2) is 3.34. The fourth-order valence-electron chi connectivity index (χ4n) is 1.35. The standard InChI is InChI=1S/C9H9N3OS/c1-6-3-7(2)12(13)8(4-6)9-5-10-11-14-9/h3-5H,1-2H3. The molecular weight excluding hydrogens is 198 g/mol. The van der Waals surface area contributed by atoms with E-state index in [0.29, 0.717) is 11.4 Å². The van der Waals surface area contributed by atoms with Gasteiger partial charge in [-0.2, -0.15) is 4.73 Å². The lowest BCUT2D eigenvalue weighted by Crippen LogP contribution is -2.32. The first-order chi connectivity index (χ1) is 6.68. The number of nitrogens with zero attached hydrogens (tertiary/aromatic N) is 3. The van der Waals surface area contributed by atoms with Gasteiger partial charge in [0, 0.05) is 19.1 Å². The maximum absolute atomic E-state index is 11.7. The molecular formula is C9H9N3OS. The van der Waals surface area contributed by atoms with Gasteiger partial charge in [-0.3, -0.25) is 0 Å². The predicted molar refractivity (Wildman–Crippen MR) is 53.8 cm³/mol. The summed E-state index contributed by atoms with van der Waals surface area (Å²) in [5.74, 6) is 0. The van der Waals surface area contributed by atoms with Gasteiger partial charge in [0.1, 0.15) is 4.88 Å². The van der Waals surface area contributed by atoms with Crippen LogP contribution < -0.4 is 4.73 Å². The van der Waals surface area contributed by atoms with E-state index in [0.717, 1.165) is 15.2 Å². The highest BCUT2D eigenvalue weighted by Crippen LogP contribution is 2.19. The maximum atomic E-state index is 11.7. The van der Waals surface area contributed by atoms with E-state index in [2.05, 4.69) is 9.59 Å². The monoisotopic (exact) mass is 207 g/mol. The Morgan fingerprint density at radius 2 is 2.14 bits per heavy atom. The summed E-state index contributed by atoms with van der Waals surface area (Å²) in [5.41, 5.74) is 2.38. The minimum absolute atomic E-state index is 0.623. The van der Waals surface area contributed by atoms with Gasteiger partial charge in [0.25, 0.3) is 0 Å². The number of hydrogen-bond donors (Lipinski definition) is 0. The molecule has 0 aliphatic heterocycles. The van der Waals surface area contributed by atoms with Gasteiger partial charge >= 0.3 is 0 Å². The van der Waals surface area contributed by atoms with Gasteiger partial charge in [-0.1, -0.05) is 4.49 Å². The molecule has 2 heterocycles. The Morgan fingerprint density at radius 3 is 2.79 bits per heavy atom. The molecule has 2 aromatic heterocycles. The van der Waals surface area contributed by atoms with E-state index in [1.165, 1.54) is 11.5 Å². The molecule has 4 nitrogen and oxygen atoms in total. The zero-order valence-corrected chi connectivity index (χ0v) is 8.71. The van der Waals surface area contributed by atoms with E-state index in [-0.39, 0.29) is 0 Å². The van der Waals surface area contributed by atoms with Gasteiger partial charge in [-0.25, -0.2) is 0 Å². The molecule has 0 aliphatic carbocycles. The summed E-state index contributed by atoms with van der Waals surface area (Å²) in [5, 5.41) is 15.4. The van der Waals surface area contributed by atoms with Crippen LogP contribution in [-0.2, 0) is 0 Å².